The Kier molecular flexibility index (Phi) is 7.21. The van der Waals surface area contributed by atoms with Gasteiger partial charge in [0.25, 0.3) is 5.56 Å². The second-order valence-corrected chi connectivity index (χ2v) is 11.2. The van der Waals surface area contributed by atoms with Crippen LogP contribution in [0.1, 0.15) is 54.2 Å². The minimum absolute atomic E-state index is 0.165. The summed E-state index contributed by atoms with van der Waals surface area (Å²) < 4.78 is 17.5. The molecule has 4 heterocycles. The first-order valence-electron chi connectivity index (χ1n) is 14.2. The fraction of sp³-hybridized carbons (Fsp3) is 0.452. The van der Waals surface area contributed by atoms with Crippen molar-refractivity contribution in [3.63, 3.8) is 0 Å². The molecular formula is C31H36FN5O2. The maximum Gasteiger partial charge on any atom is 0.256 e. The van der Waals surface area contributed by atoms with Gasteiger partial charge >= 0.3 is 0 Å². The summed E-state index contributed by atoms with van der Waals surface area (Å²) in [6.07, 6.45) is 6.84. The summed E-state index contributed by atoms with van der Waals surface area (Å²) in [5, 5.41) is 10.1. The molecule has 204 valence electrons. The van der Waals surface area contributed by atoms with Crippen LogP contribution < -0.4 is 5.56 Å². The summed E-state index contributed by atoms with van der Waals surface area (Å²) in [5.74, 6) is 2.43. The van der Waals surface area contributed by atoms with Gasteiger partial charge in [-0.25, -0.2) is 14.4 Å². The lowest BCUT2D eigenvalue weighted by Crippen LogP contribution is -2.38. The van der Waals surface area contributed by atoms with E-state index >= 15 is 0 Å². The molecule has 1 fully saturated rings. The van der Waals surface area contributed by atoms with Crippen LogP contribution in [0.25, 0.3) is 11.0 Å². The van der Waals surface area contributed by atoms with Gasteiger partial charge in [0.2, 0.25) is 0 Å². The van der Waals surface area contributed by atoms with Crippen LogP contribution in [-0.4, -0.2) is 48.7 Å². The fourth-order valence-corrected chi connectivity index (χ4v) is 6.23. The molecule has 0 spiro atoms. The highest BCUT2D eigenvalue weighted by Crippen LogP contribution is 2.27. The van der Waals surface area contributed by atoms with E-state index in [1.54, 1.807) is 24.3 Å². The van der Waals surface area contributed by atoms with Gasteiger partial charge in [-0.1, -0.05) is 12.1 Å². The summed E-state index contributed by atoms with van der Waals surface area (Å²) in [5.41, 5.74) is 4.69. The van der Waals surface area contributed by atoms with E-state index in [-0.39, 0.29) is 17.1 Å². The lowest BCUT2D eigenvalue weighted by molar-refractivity contribution is 0.184. The topological polar surface area (TPSA) is 76.2 Å². The molecule has 0 bridgehead atoms. The number of imidazole rings is 1. The van der Waals surface area contributed by atoms with E-state index in [0.717, 1.165) is 111 Å². The molecule has 2 aromatic heterocycles. The molecule has 0 unspecified atom stereocenters. The van der Waals surface area contributed by atoms with E-state index in [2.05, 4.69) is 9.47 Å². The molecule has 4 aromatic rings. The Morgan fingerprint density at radius 2 is 1.82 bits per heavy atom. The summed E-state index contributed by atoms with van der Waals surface area (Å²) in [6, 6.07) is 11.9. The zero-order valence-electron chi connectivity index (χ0n) is 22.6. The molecular weight excluding hydrogens is 493 g/mol. The van der Waals surface area contributed by atoms with Gasteiger partial charge in [0.1, 0.15) is 23.2 Å². The molecule has 6 rings (SSSR count). The third kappa shape index (κ3) is 5.48. The molecule has 39 heavy (non-hydrogen) atoms. The first kappa shape index (κ1) is 25.7. The third-order valence-electron chi connectivity index (χ3n) is 8.50. The molecule has 2 aliphatic rings. The van der Waals surface area contributed by atoms with Crippen molar-refractivity contribution in [2.24, 2.45) is 5.92 Å². The number of aromatic nitrogens is 4. The van der Waals surface area contributed by atoms with Gasteiger partial charge in [0, 0.05) is 49.8 Å². The van der Waals surface area contributed by atoms with Gasteiger partial charge < -0.3 is 14.6 Å². The number of phenolic OH excluding ortho intramolecular Hbond substituents is 1. The Morgan fingerprint density at radius 3 is 2.62 bits per heavy atom. The SMILES string of the molecule is Cc1nc2n(c(=O)c1CCN1CCC(Cc3nc4ccc(O)cc4n3Cc3ccc(F)cc3)CC1)CCCC2. The van der Waals surface area contributed by atoms with Crippen LogP contribution in [0.15, 0.2) is 47.3 Å². The van der Waals surface area contributed by atoms with Gasteiger partial charge in [-0.15, -0.1) is 0 Å². The van der Waals surface area contributed by atoms with E-state index in [9.17, 15) is 14.3 Å². The first-order valence-corrected chi connectivity index (χ1v) is 14.2. The van der Waals surface area contributed by atoms with Crippen molar-refractivity contribution in [2.45, 2.75) is 65.0 Å². The van der Waals surface area contributed by atoms with E-state index < -0.39 is 0 Å². The third-order valence-corrected chi connectivity index (χ3v) is 8.50. The Morgan fingerprint density at radius 1 is 1.03 bits per heavy atom. The fourth-order valence-electron chi connectivity index (χ4n) is 6.23. The summed E-state index contributed by atoms with van der Waals surface area (Å²) in [7, 11) is 0. The second-order valence-electron chi connectivity index (χ2n) is 11.2. The normalized spacial score (nSPS) is 16.6. The van der Waals surface area contributed by atoms with Crippen LogP contribution in [0.3, 0.4) is 0 Å². The lowest BCUT2D eigenvalue weighted by Gasteiger charge is -2.32. The number of benzene rings is 2. The monoisotopic (exact) mass is 529 g/mol. The number of nitrogens with zero attached hydrogens (tertiary/aromatic N) is 5. The molecule has 1 saturated heterocycles. The van der Waals surface area contributed by atoms with Crippen LogP contribution in [0, 0.1) is 18.7 Å². The highest BCUT2D eigenvalue weighted by Gasteiger charge is 2.24. The van der Waals surface area contributed by atoms with Crippen LogP contribution in [0.2, 0.25) is 0 Å². The average Bonchev–Trinajstić information content (AvgIpc) is 3.26. The average molecular weight is 530 g/mol. The van der Waals surface area contributed by atoms with Crippen molar-refractivity contribution in [1.29, 1.82) is 0 Å². The van der Waals surface area contributed by atoms with Crippen molar-refractivity contribution in [2.75, 3.05) is 19.6 Å². The summed E-state index contributed by atoms with van der Waals surface area (Å²) in [6.45, 7) is 6.25. The van der Waals surface area contributed by atoms with Gasteiger partial charge in [0.15, 0.2) is 0 Å². The molecule has 1 N–H and O–H groups in total. The maximum atomic E-state index is 13.5. The summed E-state index contributed by atoms with van der Waals surface area (Å²) in [4.78, 5) is 25.3. The molecule has 0 aliphatic carbocycles. The zero-order chi connectivity index (χ0) is 26.9. The van der Waals surface area contributed by atoms with Crippen molar-refractivity contribution in [3.05, 3.63) is 87.1 Å². The molecule has 2 aromatic carbocycles. The summed E-state index contributed by atoms with van der Waals surface area (Å²) >= 11 is 0. The molecule has 8 heteroatoms. The number of hydrogen-bond acceptors (Lipinski definition) is 5. The highest BCUT2D eigenvalue weighted by atomic mass is 19.1. The number of aryl methyl sites for hydroxylation is 2. The van der Waals surface area contributed by atoms with E-state index in [1.165, 1.54) is 12.1 Å². The van der Waals surface area contributed by atoms with Crippen LogP contribution in [-0.2, 0) is 32.4 Å². The Labute approximate surface area is 227 Å². The van der Waals surface area contributed by atoms with Crippen molar-refractivity contribution in [1.82, 2.24) is 24.0 Å². The molecule has 0 saturated carbocycles. The van der Waals surface area contributed by atoms with Crippen LogP contribution in [0.5, 0.6) is 5.75 Å². The van der Waals surface area contributed by atoms with Crippen molar-refractivity contribution in [3.8, 4) is 5.75 Å². The number of fused-ring (bicyclic) bond motifs is 2. The van der Waals surface area contributed by atoms with Gasteiger partial charge in [-0.05, 0) is 87.9 Å². The van der Waals surface area contributed by atoms with Gasteiger partial charge in [0.05, 0.1) is 11.0 Å². The Hall–Kier alpha value is -3.52. The largest absolute Gasteiger partial charge is 0.508 e. The van der Waals surface area contributed by atoms with Gasteiger partial charge in [-0.3, -0.25) is 9.36 Å². The minimum atomic E-state index is -0.248. The van der Waals surface area contributed by atoms with E-state index in [0.29, 0.717) is 12.5 Å². The van der Waals surface area contributed by atoms with Gasteiger partial charge in [-0.2, -0.15) is 0 Å². The molecule has 7 nitrogen and oxygen atoms in total. The number of phenols is 1. The highest BCUT2D eigenvalue weighted by molar-refractivity contribution is 5.78. The van der Waals surface area contributed by atoms with Crippen LogP contribution >= 0.6 is 0 Å². The number of hydrogen-bond donors (Lipinski definition) is 1. The predicted molar refractivity (Wildman–Crippen MR) is 150 cm³/mol. The predicted octanol–water partition coefficient (Wildman–Crippen LogP) is 4.63. The number of aromatic hydroxyl groups is 1. The molecule has 0 amide bonds. The standard InChI is InChI=1S/C31H36FN5O2/c1-21-26(31(39)36-14-3-2-4-29(36)33-21)13-17-35-15-11-22(12-16-35)18-30-34-27-10-9-25(38)19-28(27)37(30)20-23-5-7-24(32)8-6-23/h5-10,19,22,38H,2-4,11-18,20H2,1H3. The second kappa shape index (κ2) is 10.9. The molecule has 0 atom stereocenters. The molecule has 2 aliphatic heterocycles. The van der Waals surface area contributed by atoms with E-state index in [4.69, 9.17) is 9.97 Å². The van der Waals surface area contributed by atoms with Crippen molar-refractivity contribution >= 4 is 11.0 Å². The zero-order valence-corrected chi connectivity index (χ0v) is 22.6. The van der Waals surface area contributed by atoms with Crippen molar-refractivity contribution < 1.29 is 9.50 Å². The Bertz CT molecular complexity index is 1530. The first-order chi connectivity index (χ1) is 18.9. The smallest absolute Gasteiger partial charge is 0.256 e. The maximum absolute atomic E-state index is 13.5. The number of piperidine rings is 1. The Balaban J connectivity index is 1.12. The minimum Gasteiger partial charge on any atom is -0.508 e. The number of halogens is 1. The number of likely N-dealkylation sites (tertiary alicyclic amines) is 1. The molecule has 0 radical (unpaired) electrons. The number of rotatable bonds is 7. The lowest BCUT2D eigenvalue weighted by atomic mass is 9.93. The van der Waals surface area contributed by atoms with Crippen LogP contribution in [0.4, 0.5) is 4.39 Å². The van der Waals surface area contributed by atoms with E-state index in [1.807, 2.05) is 17.6 Å². The quantitative estimate of drug-likeness (QED) is 0.378.